The summed E-state index contributed by atoms with van der Waals surface area (Å²) < 4.78 is 0. The lowest BCUT2D eigenvalue weighted by molar-refractivity contribution is 0.0953. The van der Waals surface area contributed by atoms with Crippen molar-refractivity contribution in [3.63, 3.8) is 0 Å². The van der Waals surface area contributed by atoms with E-state index in [1.54, 1.807) is 0 Å². The highest BCUT2D eigenvalue weighted by atomic mass is 16.1. The van der Waals surface area contributed by atoms with Crippen molar-refractivity contribution in [1.82, 2.24) is 10.2 Å². The van der Waals surface area contributed by atoms with Crippen molar-refractivity contribution in [2.24, 2.45) is 0 Å². The van der Waals surface area contributed by atoms with Crippen LogP contribution in [-0.4, -0.2) is 37.5 Å². The quantitative estimate of drug-likeness (QED) is 0.731. The monoisotopic (exact) mass is 262 g/mol. The molecular weight excluding hydrogens is 236 g/mol. The number of amides is 1. The standard InChI is InChI=1S/C16H26N2O/c1-4-18(3)13-7-5-6-12-17-16(19)15-10-8-14(2)9-11-15/h8-11H,4-7,12-13H2,1-3H3,(H,17,19). The first-order valence-corrected chi connectivity index (χ1v) is 7.17. The fourth-order valence-corrected chi connectivity index (χ4v) is 1.85. The molecule has 106 valence electrons. The van der Waals surface area contributed by atoms with Gasteiger partial charge in [0.2, 0.25) is 0 Å². The summed E-state index contributed by atoms with van der Waals surface area (Å²) in [5, 5.41) is 2.97. The summed E-state index contributed by atoms with van der Waals surface area (Å²) in [6, 6.07) is 7.69. The number of hydrogen-bond donors (Lipinski definition) is 1. The van der Waals surface area contributed by atoms with E-state index in [-0.39, 0.29) is 5.91 Å². The summed E-state index contributed by atoms with van der Waals surface area (Å²) in [5.41, 5.74) is 1.92. The maximum absolute atomic E-state index is 11.8. The first-order chi connectivity index (χ1) is 9.13. The molecule has 0 spiro atoms. The van der Waals surface area contributed by atoms with Crippen molar-refractivity contribution < 1.29 is 4.79 Å². The molecule has 0 heterocycles. The van der Waals surface area contributed by atoms with E-state index in [2.05, 4.69) is 24.2 Å². The third-order valence-corrected chi connectivity index (χ3v) is 3.36. The van der Waals surface area contributed by atoms with Crippen LogP contribution >= 0.6 is 0 Å². The van der Waals surface area contributed by atoms with E-state index in [0.29, 0.717) is 0 Å². The number of benzene rings is 1. The molecule has 0 atom stereocenters. The minimum atomic E-state index is 0.0330. The molecule has 1 aromatic rings. The van der Waals surface area contributed by atoms with E-state index in [1.165, 1.54) is 18.4 Å². The first-order valence-electron chi connectivity index (χ1n) is 7.17. The maximum atomic E-state index is 11.8. The Morgan fingerprint density at radius 3 is 2.47 bits per heavy atom. The topological polar surface area (TPSA) is 32.3 Å². The smallest absolute Gasteiger partial charge is 0.251 e. The van der Waals surface area contributed by atoms with E-state index in [4.69, 9.17) is 0 Å². The molecule has 1 N–H and O–H groups in total. The zero-order valence-corrected chi connectivity index (χ0v) is 12.4. The Labute approximate surface area is 117 Å². The van der Waals surface area contributed by atoms with Crippen molar-refractivity contribution in [2.75, 3.05) is 26.7 Å². The molecule has 0 aliphatic rings. The van der Waals surface area contributed by atoms with Gasteiger partial charge >= 0.3 is 0 Å². The third kappa shape index (κ3) is 6.39. The molecule has 0 saturated carbocycles. The second kappa shape index (κ2) is 8.70. The van der Waals surface area contributed by atoms with Gasteiger partial charge in [-0.25, -0.2) is 0 Å². The summed E-state index contributed by atoms with van der Waals surface area (Å²) in [5.74, 6) is 0.0330. The largest absolute Gasteiger partial charge is 0.352 e. The fourth-order valence-electron chi connectivity index (χ4n) is 1.85. The zero-order valence-electron chi connectivity index (χ0n) is 12.4. The van der Waals surface area contributed by atoms with Gasteiger partial charge in [-0.05, 0) is 52.0 Å². The van der Waals surface area contributed by atoms with Gasteiger partial charge in [0.05, 0.1) is 0 Å². The molecular formula is C16H26N2O. The molecule has 19 heavy (non-hydrogen) atoms. The van der Waals surface area contributed by atoms with Crippen LogP contribution in [0.2, 0.25) is 0 Å². The Morgan fingerprint density at radius 1 is 1.16 bits per heavy atom. The van der Waals surface area contributed by atoms with Gasteiger partial charge in [-0.1, -0.05) is 31.0 Å². The molecule has 0 aliphatic heterocycles. The molecule has 3 heteroatoms. The zero-order chi connectivity index (χ0) is 14.1. The maximum Gasteiger partial charge on any atom is 0.251 e. The number of unbranched alkanes of at least 4 members (excludes halogenated alkanes) is 2. The van der Waals surface area contributed by atoms with Gasteiger partial charge in [0.1, 0.15) is 0 Å². The minimum absolute atomic E-state index is 0.0330. The molecule has 0 fully saturated rings. The predicted octanol–water partition coefficient (Wildman–Crippen LogP) is 2.85. The molecule has 0 unspecified atom stereocenters. The molecule has 1 rings (SSSR count). The van der Waals surface area contributed by atoms with Crippen LogP contribution < -0.4 is 5.32 Å². The molecule has 0 aliphatic carbocycles. The molecule has 0 radical (unpaired) electrons. The Hall–Kier alpha value is -1.35. The highest BCUT2D eigenvalue weighted by Gasteiger charge is 2.03. The van der Waals surface area contributed by atoms with E-state index >= 15 is 0 Å². The minimum Gasteiger partial charge on any atom is -0.352 e. The van der Waals surface area contributed by atoms with Gasteiger partial charge in [0.25, 0.3) is 5.91 Å². The van der Waals surface area contributed by atoms with Crippen LogP contribution in [0.15, 0.2) is 24.3 Å². The van der Waals surface area contributed by atoms with Crippen molar-refractivity contribution >= 4 is 5.91 Å². The SMILES string of the molecule is CCN(C)CCCCCNC(=O)c1ccc(C)cc1. The van der Waals surface area contributed by atoms with Crippen molar-refractivity contribution in [3.05, 3.63) is 35.4 Å². The number of aryl methyl sites for hydroxylation is 1. The number of hydrogen-bond acceptors (Lipinski definition) is 2. The lowest BCUT2D eigenvalue weighted by atomic mass is 10.1. The number of carbonyl (C=O) groups is 1. The number of carbonyl (C=O) groups excluding carboxylic acids is 1. The van der Waals surface area contributed by atoms with E-state index < -0.39 is 0 Å². The van der Waals surface area contributed by atoms with Crippen molar-refractivity contribution in [2.45, 2.75) is 33.1 Å². The van der Waals surface area contributed by atoms with Gasteiger partial charge in [-0.2, -0.15) is 0 Å². The van der Waals surface area contributed by atoms with Crippen LogP contribution in [-0.2, 0) is 0 Å². The molecule has 0 saturated heterocycles. The Bertz CT molecular complexity index is 373. The second-order valence-corrected chi connectivity index (χ2v) is 5.08. The fraction of sp³-hybridized carbons (Fsp3) is 0.562. The summed E-state index contributed by atoms with van der Waals surface area (Å²) in [6.07, 6.45) is 3.42. The van der Waals surface area contributed by atoms with E-state index in [9.17, 15) is 4.79 Å². The average Bonchev–Trinajstić information content (AvgIpc) is 2.42. The van der Waals surface area contributed by atoms with Crippen LogP contribution in [0, 0.1) is 6.92 Å². The lowest BCUT2D eigenvalue weighted by Gasteiger charge is -2.13. The highest BCUT2D eigenvalue weighted by Crippen LogP contribution is 2.03. The molecule has 0 bridgehead atoms. The van der Waals surface area contributed by atoms with E-state index in [1.807, 2.05) is 31.2 Å². The van der Waals surface area contributed by atoms with Gasteiger partial charge in [-0.3, -0.25) is 4.79 Å². The summed E-state index contributed by atoms with van der Waals surface area (Å²) in [6.45, 7) is 7.20. The van der Waals surface area contributed by atoms with Gasteiger partial charge in [0, 0.05) is 12.1 Å². The number of nitrogens with zero attached hydrogens (tertiary/aromatic N) is 1. The number of rotatable bonds is 8. The molecule has 1 aromatic carbocycles. The molecule has 3 nitrogen and oxygen atoms in total. The van der Waals surface area contributed by atoms with Crippen LogP contribution in [0.25, 0.3) is 0 Å². The Balaban J connectivity index is 2.12. The van der Waals surface area contributed by atoms with Crippen molar-refractivity contribution in [3.8, 4) is 0 Å². The van der Waals surface area contributed by atoms with Gasteiger partial charge in [-0.15, -0.1) is 0 Å². The van der Waals surface area contributed by atoms with Crippen molar-refractivity contribution in [1.29, 1.82) is 0 Å². The Morgan fingerprint density at radius 2 is 1.84 bits per heavy atom. The lowest BCUT2D eigenvalue weighted by Crippen LogP contribution is -2.24. The van der Waals surface area contributed by atoms with Gasteiger partial charge in [0.15, 0.2) is 0 Å². The molecule has 1 amide bonds. The normalized spacial score (nSPS) is 10.7. The van der Waals surface area contributed by atoms with Crippen LogP contribution in [0.5, 0.6) is 0 Å². The van der Waals surface area contributed by atoms with Gasteiger partial charge < -0.3 is 10.2 Å². The van der Waals surface area contributed by atoms with Crippen LogP contribution in [0.3, 0.4) is 0 Å². The third-order valence-electron chi connectivity index (χ3n) is 3.36. The molecule has 0 aromatic heterocycles. The average molecular weight is 262 g/mol. The highest BCUT2D eigenvalue weighted by molar-refractivity contribution is 5.94. The summed E-state index contributed by atoms with van der Waals surface area (Å²) in [4.78, 5) is 14.1. The van der Waals surface area contributed by atoms with Crippen LogP contribution in [0.4, 0.5) is 0 Å². The summed E-state index contributed by atoms with van der Waals surface area (Å²) >= 11 is 0. The number of nitrogens with one attached hydrogen (secondary N) is 1. The van der Waals surface area contributed by atoms with Crippen LogP contribution in [0.1, 0.15) is 42.1 Å². The summed E-state index contributed by atoms with van der Waals surface area (Å²) in [7, 11) is 2.14. The second-order valence-electron chi connectivity index (χ2n) is 5.08. The Kier molecular flexibility index (Phi) is 7.19. The predicted molar refractivity (Wildman–Crippen MR) is 80.5 cm³/mol. The van der Waals surface area contributed by atoms with E-state index in [0.717, 1.165) is 31.6 Å². The first kappa shape index (κ1) is 15.7.